The second kappa shape index (κ2) is 5.34. The Hall–Kier alpha value is -1.32. The lowest BCUT2D eigenvalue weighted by atomic mass is 9.91. The molecule has 0 spiro atoms. The summed E-state index contributed by atoms with van der Waals surface area (Å²) in [5.41, 5.74) is 0.380. The van der Waals surface area contributed by atoms with Gasteiger partial charge in [0.05, 0.1) is 0 Å². The van der Waals surface area contributed by atoms with Gasteiger partial charge in [-0.1, -0.05) is 27.7 Å². The quantitative estimate of drug-likeness (QED) is 0.871. The van der Waals surface area contributed by atoms with Gasteiger partial charge in [-0.05, 0) is 24.7 Å². The molecule has 4 nitrogen and oxygen atoms in total. The van der Waals surface area contributed by atoms with E-state index in [1.165, 1.54) is 0 Å². The molecule has 0 radical (unpaired) electrons. The van der Waals surface area contributed by atoms with Crippen molar-refractivity contribution in [3.05, 3.63) is 32.6 Å². The number of aromatic amines is 1. The molecule has 0 bridgehead atoms. The van der Waals surface area contributed by atoms with Crippen molar-refractivity contribution in [2.75, 3.05) is 0 Å². The maximum absolute atomic E-state index is 11.6. The van der Waals surface area contributed by atoms with Gasteiger partial charge in [-0.2, -0.15) is 0 Å². The van der Waals surface area contributed by atoms with E-state index in [0.29, 0.717) is 18.5 Å². The highest BCUT2D eigenvalue weighted by Crippen LogP contribution is 2.20. The molecule has 0 fully saturated rings. The van der Waals surface area contributed by atoms with E-state index in [2.05, 4.69) is 25.8 Å². The fourth-order valence-corrected chi connectivity index (χ4v) is 1.75. The van der Waals surface area contributed by atoms with E-state index in [4.69, 9.17) is 0 Å². The van der Waals surface area contributed by atoms with Crippen molar-refractivity contribution in [2.45, 2.75) is 53.5 Å². The highest BCUT2D eigenvalue weighted by atomic mass is 16.2. The zero-order valence-corrected chi connectivity index (χ0v) is 11.2. The third-order valence-electron chi connectivity index (χ3n) is 2.79. The number of H-pyrrole nitrogens is 1. The Kier molecular flexibility index (Phi) is 4.32. The summed E-state index contributed by atoms with van der Waals surface area (Å²) in [6, 6.07) is 0. The smallest absolute Gasteiger partial charge is 0.300 e. The largest absolute Gasteiger partial charge is 0.328 e. The topological polar surface area (TPSA) is 54.9 Å². The normalized spacial score (nSPS) is 11.8. The van der Waals surface area contributed by atoms with Crippen LogP contribution in [-0.2, 0) is 13.0 Å². The fourth-order valence-electron chi connectivity index (χ4n) is 1.75. The van der Waals surface area contributed by atoms with Crippen LogP contribution in [0.15, 0.2) is 15.8 Å². The zero-order valence-electron chi connectivity index (χ0n) is 11.2. The summed E-state index contributed by atoms with van der Waals surface area (Å²) in [5.74, 6) is 0. The number of nitrogens with zero attached hydrogens (tertiary/aromatic N) is 1. The van der Waals surface area contributed by atoms with E-state index in [9.17, 15) is 9.59 Å². The molecule has 0 aliphatic carbocycles. The van der Waals surface area contributed by atoms with Crippen LogP contribution in [0.5, 0.6) is 0 Å². The van der Waals surface area contributed by atoms with Gasteiger partial charge in [0, 0.05) is 18.3 Å². The minimum absolute atomic E-state index is 0.260. The highest BCUT2D eigenvalue weighted by Gasteiger charge is 2.10. The number of hydrogen-bond donors (Lipinski definition) is 1. The predicted molar refractivity (Wildman–Crippen MR) is 69.4 cm³/mol. The molecule has 0 saturated heterocycles. The molecule has 0 unspecified atom stereocenters. The van der Waals surface area contributed by atoms with Crippen LogP contribution in [0.3, 0.4) is 0 Å². The summed E-state index contributed by atoms with van der Waals surface area (Å²) in [6.45, 7) is 9.12. The van der Waals surface area contributed by atoms with Gasteiger partial charge >= 0.3 is 5.69 Å². The van der Waals surface area contributed by atoms with Crippen LogP contribution in [0.4, 0.5) is 0 Å². The Morgan fingerprint density at radius 2 is 1.94 bits per heavy atom. The molecule has 17 heavy (non-hydrogen) atoms. The first-order chi connectivity index (χ1) is 7.83. The van der Waals surface area contributed by atoms with Crippen LogP contribution in [0, 0.1) is 5.41 Å². The number of nitrogens with one attached hydrogen (secondary N) is 1. The first-order valence-electron chi connectivity index (χ1n) is 6.16. The summed E-state index contributed by atoms with van der Waals surface area (Å²) < 4.78 is 1.60. The third-order valence-corrected chi connectivity index (χ3v) is 2.79. The molecule has 0 atom stereocenters. The second-order valence-electron chi connectivity index (χ2n) is 5.62. The Balaban J connectivity index is 2.78. The van der Waals surface area contributed by atoms with Gasteiger partial charge in [0.25, 0.3) is 5.56 Å². The van der Waals surface area contributed by atoms with Crippen LogP contribution in [0.25, 0.3) is 0 Å². The Bertz CT molecular complexity index is 477. The number of aryl methyl sites for hydroxylation is 2. The molecule has 0 amide bonds. The number of hydrogen-bond acceptors (Lipinski definition) is 2. The lowest BCUT2D eigenvalue weighted by molar-refractivity contribution is 0.351. The summed E-state index contributed by atoms with van der Waals surface area (Å²) in [4.78, 5) is 25.3. The van der Waals surface area contributed by atoms with E-state index in [-0.39, 0.29) is 16.7 Å². The minimum Gasteiger partial charge on any atom is -0.300 e. The fraction of sp³-hybridized carbons (Fsp3) is 0.692. The molecule has 1 rings (SSSR count). The zero-order chi connectivity index (χ0) is 13.1. The predicted octanol–water partition coefficient (Wildman–Crippen LogP) is 1.93. The molecule has 1 aromatic rings. The van der Waals surface area contributed by atoms with Crippen LogP contribution >= 0.6 is 0 Å². The van der Waals surface area contributed by atoms with E-state index < -0.39 is 0 Å². The molecular weight excluding hydrogens is 216 g/mol. The molecule has 4 heteroatoms. The van der Waals surface area contributed by atoms with Crippen molar-refractivity contribution in [3.8, 4) is 0 Å². The molecule has 0 aliphatic rings. The van der Waals surface area contributed by atoms with Crippen molar-refractivity contribution in [1.82, 2.24) is 9.55 Å². The summed E-state index contributed by atoms with van der Waals surface area (Å²) in [6.07, 6.45) is 4.33. The van der Waals surface area contributed by atoms with E-state index in [1.54, 1.807) is 10.8 Å². The Morgan fingerprint density at radius 3 is 2.47 bits per heavy atom. The molecular formula is C13H22N2O2. The van der Waals surface area contributed by atoms with Gasteiger partial charge in [0.2, 0.25) is 0 Å². The lowest BCUT2D eigenvalue weighted by Crippen LogP contribution is -2.31. The maximum Gasteiger partial charge on any atom is 0.328 e. The SMILES string of the molecule is CCc1cn(CCCC(C)(C)C)c(=O)[nH]c1=O. The van der Waals surface area contributed by atoms with Gasteiger partial charge in [-0.15, -0.1) is 0 Å². The van der Waals surface area contributed by atoms with Crippen LogP contribution < -0.4 is 11.2 Å². The second-order valence-corrected chi connectivity index (χ2v) is 5.62. The van der Waals surface area contributed by atoms with Crippen molar-refractivity contribution in [1.29, 1.82) is 0 Å². The number of aromatic nitrogens is 2. The number of rotatable bonds is 4. The maximum atomic E-state index is 11.6. The average molecular weight is 238 g/mol. The Morgan fingerprint density at radius 1 is 1.29 bits per heavy atom. The summed E-state index contributed by atoms with van der Waals surface area (Å²) >= 11 is 0. The molecule has 1 heterocycles. The van der Waals surface area contributed by atoms with Gasteiger partial charge in [0.15, 0.2) is 0 Å². The lowest BCUT2D eigenvalue weighted by Gasteiger charge is -2.18. The van der Waals surface area contributed by atoms with Crippen molar-refractivity contribution < 1.29 is 0 Å². The minimum atomic E-state index is -0.305. The van der Waals surface area contributed by atoms with Gasteiger partial charge in [0.1, 0.15) is 0 Å². The van der Waals surface area contributed by atoms with Crippen LogP contribution in [0.2, 0.25) is 0 Å². The summed E-state index contributed by atoms with van der Waals surface area (Å²) in [5, 5.41) is 0. The molecule has 0 aromatic carbocycles. The summed E-state index contributed by atoms with van der Waals surface area (Å²) in [7, 11) is 0. The molecule has 96 valence electrons. The molecule has 0 saturated carbocycles. The standard InChI is InChI=1S/C13H22N2O2/c1-5-10-9-15(12(17)14-11(10)16)8-6-7-13(2,3)4/h9H,5-8H2,1-4H3,(H,14,16,17). The average Bonchev–Trinajstić information content (AvgIpc) is 2.19. The highest BCUT2D eigenvalue weighted by molar-refractivity contribution is 5.03. The van der Waals surface area contributed by atoms with E-state index in [1.807, 2.05) is 6.92 Å². The van der Waals surface area contributed by atoms with Crippen LogP contribution in [-0.4, -0.2) is 9.55 Å². The van der Waals surface area contributed by atoms with Crippen molar-refractivity contribution in [2.24, 2.45) is 5.41 Å². The van der Waals surface area contributed by atoms with Crippen LogP contribution in [0.1, 0.15) is 46.1 Å². The van der Waals surface area contributed by atoms with Gasteiger partial charge < -0.3 is 4.57 Å². The van der Waals surface area contributed by atoms with Crippen molar-refractivity contribution in [3.63, 3.8) is 0 Å². The van der Waals surface area contributed by atoms with Gasteiger partial charge in [-0.25, -0.2) is 4.79 Å². The van der Waals surface area contributed by atoms with Gasteiger partial charge in [-0.3, -0.25) is 9.78 Å². The molecule has 1 N–H and O–H groups in total. The first kappa shape index (κ1) is 13.7. The third kappa shape index (κ3) is 4.21. The molecule has 1 aromatic heterocycles. The van der Waals surface area contributed by atoms with E-state index >= 15 is 0 Å². The Labute approximate surface area is 102 Å². The monoisotopic (exact) mass is 238 g/mol. The first-order valence-corrected chi connectivity index (χ1v) is 6.16. The van der Waals surface area contributed by atoms with E-state index in [0.717, 1.165) is 12.8 Å². The molecule has 0 aliphatic heterocycles. The van der Waals surface area contributed by atoms with Crippen molar-refractivity contribution >= 4 is 0 Å².